The van der Waals surface area contributed by atoms with E-state index in [1.165, 1.54) is 18.2 Å². The molecule has 2 rings (SSSR count). The van der Waals surface area contributed by atoms with Gasteiger partial charge in [-0.05, 0) is 25.1 Å². The maximum atomic E-state index is 12.9. The number of rotatable bonds is 8. The summed E-state index contributed by atoms with van der Waals surface area (Å²) >= 11 is 5.91. The Bertz CT molecular complexity index is 836. The van der Waals surface area contributed by atoms with Gasteiger partial charge in [0.1, 0.15) is 22.9 Å². The number of hydrogen-bond donors (Lipinski definition) is 1. The van der Waals surface area contributed by atoms with E-state index in [2.05, 4.69) is 10.1 Å². The Hall–Kier alpha value is -2.75. The fourth-order valence-electron chi connectivity index (χ4n) is 2.03. The van der Waals surface area contributed by atoms with E-state index in [1.54, 1.807) is 6.92 Å². The van der Waals surface area contributed by atoms with Crippen molar-refractivity contribution in [2.24, 2.45) is 0 Å². The van der Waals surface area contributed by atoms with E-state index in [1.807, 2.05) is 0 Å². The van der Waals surface area contributed by atoms with Crippen LogP contribution in [0.1, 0.15) is 6.92 Å². The fraction of sp³-hybridized carbons (Fsp3) is 0.250. The molecular formula is C16H13ClF4N2O4. The van der Waals surface area contributed by atoms with Crippen LogP contribution in [0.5, 0.6) is 17.2 Å². The van der Waals surface area contributed by atoms with Crippen LogP contribution in [-0.4, -0.2) is 24.0 Å². The summed E-state index contributed by atoms with van der Waals surface area (Å²) in [6.45, 7) is 2.18. The molecule has 6 nitrogen and oxygen atoms in total. The Kier molecular flexibility index (Phi) is 6.32. The molecule has 0 radical (unpaired) electrons. The average Bonchev–Trinajstić information content (AvgIpc) is 2.57. The minimum atomic E-state index is -4.66. The van der Waals surface area contributed by atoms with Crippen LogP contribution in [0, 0.1) is 10.1 Å². The minimum absolute atomic E-state index is 0.0145. The number of nitro groups is 1. The molecule has 0 aliphatic heterocycles. The van der Waals surface area contributed by atoms with E-state index in [-0.39, 0.29) is 27.9 Å². The molecule has 0 aromatic heterocycles. The molecule has 0 bridgehead atoms. The molecule has 0 aliphatic carbocycles. The maximum absolute atomic E-state index is 12.9. The first-order valence-corrected chi connectivity index (χ1v) is 7.86. The van der Waals surface area contributed by atoms with Gasteiger partial charge in [0.05, 0.1) is 9.95 Å². The van der Waals surface area contributed by atoms with E-state index in [4.69, 9.17) is 16.3 Å². The monoisotopic (exact) mass is 408 g/mol. The Morgan fingerprint density at radius 1 is 1.22 bits per heavy atom. The number of nitrogens with zero attached hydrogens (tertiary/aromatic N) is 1. The van der Waals surface area contributed by atoms with Crippen LogP contribution in [0.3, 0.4) is 0 Å². The van der Waals surface area contributed by atoms with Gasteiger partial charge in [0, 0.05) is 24.7 Å². The summed E-state index contributed by atoms with van der Waals surface area (Å²) in [7, 11) is 0. The number of nitro benzene ring substituents is 1. The van der Waals surface area contributed by atoms with E-state index in [0.717, 1.165) is 18.2 Å². The van der Waals surface area contributed by atoms with Gasteiger partial charge >= 0.3 is 12.5 Å². The van der Waals surface area contributed by atoms with Gasteiger partial charge in [0.25, 0.3) is 5.69 Å². The summed E-state index contributed by atoms with van der Waals surface area (Å²) in [5, 5.41) is 13.6. The molecule has 0 fully saturated rings. The van der Waals surface area contributed by atoms with Gasteiger partial charge in [-0.15, -0.1) is 0 Å². The quantitative estimate of drug-likeness (QED) is 0.344. The molecule has 0 atom stereocenters. The zero-order valence-electron chi connectivity index (χ0n) is 13.7. The van der Waals surface area contributed by atoms with Gasteiger partial charge in [-0.3, -0.25) is 10.1 Å². The van der Waals surface area contributed by atoms with E-state index >= 15 is 0 Å². The summed E-state index contributed by atoms with van der Waals surface area (Å²) in [4.78, 5) is 10.4. The highest BCUT2D eigenvalue weighted by molar-refractivity contribution is 6.32. The van der Waals surface area contributed by atoms with Crippen molar-refractivity contribution in [2.45, 2.75) is 19.5 Å². The maximum Gasteiger partial charge on any atom is 0.461 e. The summed E-state index contributed by atoms with van der Waals surface area (Å²) in [5.74, 6) is -0.375. The normalized spacial score (nSPS) is 11.4. The fourth-order valence-corrected chi connectivity index (χ4v) is 2.24. The molecule has 2 aromatic carbocycles. The average molecular weight is 409 g/mol. The largest absolute Gasteiger partial charge is 0.461 e. The van der Waals surface area contributed by atoms with Crippen molar-refractivity contribution >= 4 is 23.0 Å². The minimum Gasteiger partial charge on any atom is -0.456 e. The predicted octanol–water partition coefficient (Wildman–Crippen LogP) is 5.71. The van der Waals surface area contributed by atoms with Gasteiger partial charge in [-0.2, -0.15) is 17.6 Å². The highest BCUT2D eigenvalue weighted by Crippen LogP contribution is 2.37. The molecule has 0 spiro atoms. The summed E-state index contributed by atoms with van der Waals surface area (Å²) < 4.78 is 59.6. The molecule has 27 heavy (non-hydrogen) atoms. The predicted molar refractivity (Wildman–Crippen MR) is 90.4 cm³/mol. The number of halogens is 5. The molecule has 0 aliphatic rings. The van der Waals surface area contributed by atoms with Crippen LogP contribution < -0.4 is 14.8 Å². The second-order valence-electron chi connectivity index (χ2n) is 5.13. The van der Waals surface area contributed by atoms with Crippen molar-refractivity contribution in [3.05, 3.63) is 51.5 Å². The number of anilines is 1. The van der Waals surface area contributed by atoms with E-state index < -0.39 is 23.2 Å². The van der Waals surface area contributed by atoms with Crippen LogP contribution in [0.25, 0.3) is 0 Å². The SMILES string of the molecule is CCNc1cc(Oc2ccc(OC(F)(F)C(F)F)cc2Cl)ccc1[N+](=O)[O-]. The van der Waals surface area contributed by atoms with Crippen LogP contribution in [0.2, 0.25) is 5.02 Å². The molecular weight excluding hydrogens is 396 g/mol. The van der Waals surface area contributed by atoms with Crippen molar-refractivity contribution in [1.29, 1.82) is 0 Å². The highest BCUT2D eigenvalue weighted by Gasteiger charge is 2.44. The zero-order valence-corrected chi connectivity index (χ0v) is 14.5. The zero-order chi connectivity index (χ0) is 20.2. The summed E-state index contributed by atoms with van der Waals surface area (Å²) in [5.41, 5.74) is 0.0564. The first-order valence-electron chi connectivity index (χ1n) is 7.48. The third-order valence-electron chi connectivity index (χ3n) is 3.17. The molecule has 146 valence electrons. The molecule has 0 amide bonds. The van der Waals surface area contributed by atoms with E-state index in [0.29, 0.717) is 6.54 Å². The van der Waals surface area contributed by atoms with Crippen LogP contribution in [0.4, 0.5) is 28.9 Å². The van der Waals surface area contributed by atoms with Gasteiger partial charge in [0.2, 0.25) is 0 Å². The second kappa shape index (κ2) is 8.30. The summed E-state index contributed by atoms with van der Waals surface area (Å²) in [6.07, 6.45) is -8.66. The first kappa shape index (κ1) is 20.6. The van der Waals surface area contributed by atoms with Crippen molar-refractivity contribution in [3.8, 4) is 17.2 Å². The first-order chi connectivity index (χ1) is 12.6. The molecule has 0 heterocycles. The standard InChI is InChI=1S/C16H13ClF4N2O4/c1-2-22-12-8-9(3-5-13(12)23(24)25)26-14-6-4-10(7-11(14)17)27-16(20,21)15(18)19/h3-8,15,22H,2H2,1H3. The van der Waals surface area contributed by atoms with Gasteiger partial charge < -0.3 is 14.8 Å². The molecule has 0 saturated carbocycles. The number of hydrogen-bond acceptors (Lipinski definition) is 5. The Morgan fingerprint density at radius 2 is 1.89 bits per heavy atom. The Labute approximate surface area is 155 Å². The second-order valence-corrected chi connectivity index (χ2v) is 5.53. The van der Waals surface area contributed by atoms with Crippen molar-refractivity contribution in [1.82, 2.24) is 0 Å². The molecule has 0 unspecified atom stereocenters. The van der Waals surface area contributed by atoms with E-state index in [9.17, 15) is 27.7 Å². The third kappa shape index (κ3) is 5.13. The number of ether oxygens (including phenoxy) is 2. The Balaban J connectivity index is 2.23. The lowest BCUT2D eigenvalue weighted by molar-refractivity contribution is -0.384. The lowest BCUT2D eigenvalue weighted by atomic mass is 10.2. The smallest absolute Gasteiger partial charge is 0.456 e. The lowest BCUT2D eigenvalue weighted by Gasteiger charge is -2.17. The van der Waals surface area contributed by atoms with Gasteiger partial charge in [-0.25, -0.2) is 0 Å². The molecule has 11 heteroatoms. The number of alkyl halides is 4. The number of benzene rings is 2. The lowest BCUT2D eigenvalue weighted by Crippen LogP contribution is -2.33. The van der Waals surface area contributed by atoms with Crippen LogP contribution >= 0.6 is 11.6 Å². The summed E-state index contributed by atoms with van der Waals surface area (Å²) in [6, 6.07) is 6.94. The van der Waals surface area contributed by atoms with Gasteiger partial charge in [0.15, 0.2) is 0 Å². The van der Waals surface area contributed by atoms with Crippen molar-refractivity contribution in [2.75, 3.05) is 11.9 Å². The van der Waals surface area contributed by atoms with Crippen LogP contribution in [0.15, 0.2) is 36.4 Å². The number of nitrogens with one attached hydrogen (secondary N) is 1. The topological polar surface area (TPSA) is 73.6 Å². The van der Waals surface area contributed by atoms with Crippen LogP contribution in [-0.2, 0) is 0 Å². The van der Waals surface area contributed by atoms with Crippen molar-refractivity contribution < 1.29 is 32.0 Å². The van der Waals surface area contributed by atoms with Gasteiger partial charge in [-0.1, -0.05) is 11.6 Å². The molecule has 2 aromatic rings. The molecule has 0 saturated heterocycles. The molecule has 1 N–H and O–H groups in total. The highest BCUT2D eigenvalue weighted by atomic mass is 35.5. The van der Waals surface area contributed by atoms with Crippen molar-refractivity contribution in [3.63, 3.8) is 0 Å². The third-order valence-corrected chi connectivity index (χ3v) is 3.47. The Morgan fingerprint density at radius 3 is 2.44 bits per heavy atom.